The molecule has 0 spiro atoms. The van der Waals surface area contributed by atoms with Crippen LogP contribution >= 0.6 is 21.6 Å². The van der Waals surface area contributed by atoms with E-state index in [0.717, 1.165) is 21.6 Å². The van der Waals surface area contributed by atoms with Gasteiger partial charge in [-0.3, -0.25) is 9.11 Å². The summed E-state index contributed by atoms with van der Waals surface area (Å²) in [5.41, 5.74) is 0. The fraction of sp³-hybridized carbons (Fsp3) is 1.00. The standard InChI is InChI=1S/C4H10O6S4/c5-13(6,7)3-1-11-12-2-4-14(8,9)10/h1-4H2,(H,5,6,7)(H,8,9,10). The van der Waals surface area contributed by atoms with Crippen LogP contribution in [0.1, 0.15) is 0 Å². The molecular weight excluding hydrogens is 272 g/mol. The average molecular weight is 282 g/mol. The largest absolute Gasteiger partial charge is 0.286 e. The molecular formula is C4H10O6S4. The zero-order valence-electron chi connectivity index (χ0n) is 6.99. The van der Waals surface area contributed by atoms with Crippen molar-refractivity contribution in [1.82, 2.24) is 0 Å². The van der Waals surface area contributed by atoms with Crippen molar-refractivity contribution in [3.63, 3.8) is 0 Å². The maximum Gasteiger partial charge on any atom is 0.265 e. The van der Waals surface area contributed by atoms with Crippen molar-refractivity contribution in [3.05, 3.63) is 0 Å². The van der Waals surface area contributed by atoms with Gasteiger partial charge in [-0.1, -0.05) is 21.6 Å². The summed E-state index contributed by atoms with van der Waals surface area (Å²) < 4.78 is 57.5. The fourth-order valence-corrected chi connectivity index (χ4v) is 4.79. The Hall–Kier alpha value is 0.520. The Morgan fingerprint density at radius 3 is 1.29 bits per heavy atom. The van der Waals surface area contributed by atoms with Crippen molar-refractivity contribution < 1.29 is 25.9 Å². The maximum absolute atomic E-state index is 10.2. The van der Waals surface area contributed by atoms with E-state index in [-0.39, 0.29) is 23.0 Å². The maximum atomic E-state index is 10.2. The fourth-order valence-electron chi connectivity index (χ4n) is 0.397. The third-order valence-electron chi connectivity index (χ3n) is 0.933. The van der Waals surface area contributed by atoms with E-state index < -0.39 is 20.2 Å². The molecule has 0 aromatic carbocycles. The molecule has 6 nitrogen and oxygen atoms in total. The van der Waals surface area contributed by atoms with Crippen LogP contribution in [0.25, 0.3) is 0 Å². The monoisotopic (exact) mass is 282 g/mol. The molecule has 0 heterocycles. The molecule has 10 heteroatoms. The predicted molar refractivity (Wildman–Crippen MR) is 57.7 cm³/mol. The van der Waals surface area contributed by atoms with Crippen LogP contribution in [0.2, 0.25) is 0 Å². The predicted octanol–water partition coefficient (Wildman–Crippen LogP) is 0.143. The van der Waals surface area contributed by atoms with Gasteiger partial charge in [0.25, 0.3) is 20.2 Å². The van der Waals surface area contributed by atoms with E-state index in [1.54, 1.807) is 0 Å². The van der Waals surface area contributed by atoms with Gasteiger partial charge < -0.3 is 0 Å². The van der Waals surface area contributed by atoms with Crippen molar-refractivity contribution in [2.75, 3.05) is 23.0 Å². The summed E-state index contributed by atoms with van der Waals surface area (Å²) in [6.45, 7) is 0. The molecule has 0 radical (unpaired) electrons. The highest BCUT2D eigenvalue weighted by atomic mass is 33.1. The average Bonchev–Trinajstić information content (AvgIpc) is 1.92. The molecule has 14 heavy (non-hydrogen) atoms. The Balaban J connectivity index is 3.41. The van der Waals surface area contributed by atoms with Gasteiger partial charge in [0.2, 0.25) is 0 Å². The van der Waals surface area contributed by atoms with E-state index in [9.17, 15) is 16.8 Å². The molecule has 0 fully saturated rings. The van der Waals surface area contributed by atoms with Gasteiger partial charge in [0.05, 0.1) is 11.5 Å². The molecule has 0 bridgehead atoms. The second-order valence-electron chi connectivity index (χ2n) is 2.22. The normalized spacial score (nSPS) is 13.0. The Morgan fingerprint density at radius 1 is 0.786 bits per heavy atom. The molecule has 0 unspecified atom stereocenters. The second-order valence-corrected chi connectivity index (χ2v) is 8.06. The summed E-state index contributed by atoms with van der Waals surface area (Å²) in [6.07, 6.45) is 0. The molecule has 2 N–H and O–H groups in total. The quantitative estimate of drug-likeness (QED) is 0.386. The van der Waals surface area contributed by atoms with E-state index in [1.807, 2.05) is 0 Å². The lowest BCUT2D eigenvalue weighted by atomic mass is 11.0. The van der Waals surface area contributed by atoms with Crippen LogP contribution in [0, 0.1) is 0 Å². The minimum atomic E-state index is -3.94. The molecule has 0 aliphatic carbocycles. The highest BCUT2D eigenvalue weighted by Crippen LogP contribution is 2.20. The van der Waals surface area contributed by atoms with Gasteiger partial charge in [0, 0.05) is 11.5 Å². The van der Waals surface area contributed by atoms with Gasteiger partial charge in [-0.2, -0.15) is 16.8 Å². The first-order valence-electron chi connectivity index (χ1n) is 3.35. The van der Waals surface area contributed by atoms with Crippen LogP contribution in [0.4, 0.5) is 0 Å². The van der Waals surface area contributed by atoms with Crippen LogP contribution in [0.5, 0.6) is 0 Å². The smallest absolute Gasteiger partial charge is 0.265 e. The Bertz CT molecular complexity index is 306. The van der Waals surface area contributed by atoms with E-state index in [0.29, 0.717) is 0 Å². The summed E-state index contributed by atoms with van der Waals surface area (Å²) >= 11 is 0. The highest BCUT2D eigenvalue weighted by molar-refractivity contribution is 8.76. The van der Waals surface area contributed by atoms with Crippen LogP contribution in [-0.4, -0.2) is 49.0 Å². The first-order chi connectivity index (χ1) is 6.21. The van der Waals surface area contributed by atoms with Gasteiger partial charge in [-0.25, -0.2) is 0 Å². The zero-order valence-corrected chi connectivity index (χ0v) is 10.3. The number of rotatable bonds is 7. The first kappa shape index (κ1) is 14.5. The van der Waals surface area contributed by atoms with Crippen molar-refractivity contribution in [2.24, 2.45) is 0 Å². The lowest BCUT2D eigenvalue weighted by molar-refractivity contribution is 0.483. The van der Waals surface area contributed by atoms with Crippen molar-refractivity contribution in [1.29, 1.82) is 0 Å². The van der Waals surface area contributed by atoms with Crippen molar-refractivity contribution in [2.45, 2.75) is 0 Å². The Kier molecular flexibility index (Phi) is 6.41. The number of hydrogen-bond donors (Lipinski definition) is 2. The van der Waals surface area contributed by atoms with E-state index >= 15 is 0 Å². The van der Waals surface area contributed by atoms with Crippen LogP contribution in [0.3, 0.4) is 0 Å². The minimum Gasteiger partial charge on any atom is -0.286 e. The van der Waals surface area contributed by atoms with Crippen molar-refractivity contribution >= 4 is 41.8 Å². The molecule has 0 aliphatic heterocycles. The SMILES string of the molecule is O=S(=O)(O)CCSSCCS(=O)(=O)O. The van der Waals surface area contributed by atoms with E-state index in [1.165, 1.54) is 0 Å². The molecule has 0 atom stereocenters. The van der Waals surface area contributed by atoms with Gasteiger partial charge in [0.1, 0.15) is 0 Å². The molecule has 0 aliphatic rings. The summed E-state index contributed by atoms with van der Waals surface area (Å²) in [4.78, 5) is 0. The van der Waals surface area contributed by atoms with E-state index in [2.05, 4.69) is 0 Å². The van der Waals surface area contributed by atoms with E-state index in [4.69, 9.17) is 9.11 Å². The third-order valence-corrected chi connectivity index (χ3v) is 5.30. The van der Waals surface area contributed by atoms with Crippen LogP contribution in [0.15, 0.2) is 0 Å². The molecule has 0 saturated carbocycles. The second kappa shape index (κ2) is 6.18. The Morgan fingerprint density at radius 2 is 1.07 bits per heavy atom. The molecule has 86 valence electrons. The van der Waals surface area contributed by atoms with Gasteiger partial charge in [0.15, 0.2) is 0 Å². The Labute approximate surface area is 90.7 Å². The zero-order chi connectivity index (χ0) is 11.2. The van der Waals surface area contributed by atoms with Gasteiger partial charge >= 0.3 is 0 Å². The molecule has 0 saturated heterocycles. The summed E-state index contributed by atoms with van der Waals surface area (Å²) in [5, 5.41) is 0. The number of hydrogen-bond acceptors (Lipinski definition) is 6. The lowest BCUT2D eigenvalue weighted by Crippen LogP contribution is -2.07. The molecule has 0 amide bonds. The summed E-state index contributed by atoms with van der Waals surface area (Å²) in [7, 11) is -5.64. The third kappa shape index (κ3) is 12.5. The lowest BCUT2D eigenvalue weighted by Gasteiger charge is -1.98. The topological polar surface area (TPSA) is 109 Å². The molecule has 0 aromatic rings. The van der Waals surface area contributed by atoms with Gasteiger partial charge in [-0.05, 0) is 0 Å². The van der Waals surface area contributed by atoms with Crippen molar-refractivity contribution in [3.8, 4) is 0 Å². The van der Waals surface area contributed by atoms with Gasteiger partial charge in [-0.15, -0.1) is 0 Å². The first-order valence-corrected chi connectivity index (χ1v) is 9.06. The summed E-state index contributed by atoms with van der Waals surface area (Å²) in [5.74, 6) is -0.378. The molecule has 0 rings (SSSR count). The minimum absolute atomic E-state index is 0.176. The highest BCUT2D eigenvalue weighted by Gasteiger charge is 2.06. The molecule has 0 aromatic heterocycles. The summed E-state index contributed by atoms with van der Waals surface area (Å²) in [6, 6.07) is 0. The van der Waals surface area contributed by atoms with Crippen LogP contribution in [-0.2, 0) is 20.2 Å². The van der Waals surface area contributed by atoms with Crippen LogP contribution < -0.4 is 0 Å².